The fourth-order valence-corrected chi connectivity index (χ4v) is 1.82. The molecule has 0 fully saturated rings. The molecule has 3 nitrogen and oxygen atoms in total. The molecule has 0 saturated carbocycles. The van der Waals surface area contributed by atoms with Crippen LogP contribution in [0.25, 0.3) is 0 Å². The van der Waals surface area contributed by atoms with E-state index < -0.39 is 0 Å². The van der Waals surface area contributed by atoms with Crippen LogP contribution in [0.4, 0.5) is 0 Å². The summed E-state index contributed by atoms with van der Waals surface area (Å²) in [5, 5.41) is 12.2. The zero-order valence-electron chi connectivity index (χ0n) is 10.4. The molecule has 2 rings (SSSR count). The van der Waals surface area contributed by atoms with Crippen LogP contribution in [-0.2, 0) is 13.1 Å². The number of rotatable bonds is 4. The molecule has 18 heavy (non-hydrogen) atoms. The number of aromatic nitrogens is 1. The van der Waals surface area contributed by atoms with Gasteiger partial charge in [-0.3, -0.25) is 4.98 Å². The lowest BCUT2D eigenvalue weighted by Gasteiger charge is -2.05. The summed E-state index contributed by atoms with van der Waals surface area (Å²) in [4.78, 5) is 4.15. The number of benzene rings is 1. The summed E-state index contributed by atoms with van der Waals surface area (Å²) in [6.45, 7) is 3.57. The minimum absolute atomic E-state index is 0.700. The topological polar surface area (TPSA) is 48.7 Å². The molecule has 1 aromatic carbocycles. The minimum Gasteiger partial charge on any atom is -0.309 e. The summed E-state index contributed by atoms with van der Waals surface area (Å²) >= 11 is 0. The van der Waals surface area contributed by atoms with Gasteiger partial charge in [-0.1, -0.05) is 18.2 Å². The fourth-order valence-electron chi connectivity index (χ4n) is 1.82. The number of nitrogens with one attached hydrogen (secondary N) is 1. The first kappa shape index (κ1) is 12.3. The van der Waals surface area contributed by atoms with Crippen molar-refractivity contribution in [1.82, 2.24) is 10.3 Å². The molecule has 0 bridgehead atoms. The Morgan fingerprint density at radius 3 is 2.78 bits per heavy atom. The molecule has 0 saturated heterocycles. The van der Waals surface area contributed by atoms with E-state index >= 15 is 0 Å². The highest BCUT2D eigenvalue weighted by Crippen LogP contribution is 2.05. The number of nitriles is 1. The quantitative estimate of drug-likeness (QED) is 0.889. The van der Waals surface area contributed by atoms with Gasteiger partial charge in [-0.15, -0.1) is 0 Å². The number of pyridine rings is 1. The molecule has 0 unspecified atom stereocenters. The Morgan fingerprint density at radius 1 is 1.17 bits per heavy atom. The van der Waals surface area contributed by atoms with Crippen LogP contribution >= 0.6 is 0 Å². The van der Waals surface area contributed by atoms with Gasteiger partial charge >= 0.3 is 0 Å². The van der Waals surface area contributed by atoms with E-state index in [1.165, 1.54) is 11.1 Å². The maximum absolute atomic E-state index is 8.82. The Labute approximate surface area is 107 Å². The van der Waals surface area contributed by atoms with Gasteiger partial charge in [0.25, 0.3) is 0 Å². The molecule has 0 amide bonds. The lowest BCUT2D eigenvalue weighted by molar-refractivity contribution is 0.691. The largest absolute Gasteiger partial charge is 0.309 e. The minimum atomic E-state index is 0.700. The average molecular weight is 237 g/mol. The summed E-state index contributed by atoms with van der Waals surface area (Å²) < 4.78 is 0. The van der Waals surface area contributed by atoms with Gasteiger partial charge in [0.15, 0.2) is 0 Å². The van der Waals surface area contributed by atoms with E-state index in [2.05, 4.69) is 22.4 Å². The summed E-state index contributed by atoms with van der Waals surface area (Å²) in [6.07, 6.45) is 3.71. The Morgan fingerprint density at radius 2 is 2.00 bits per heavy atom. The van der Waals surface area contributed by atoms with Crippen LogP contribution in [0, 0.1) is 18.3 Å². The van der Waals surface area contributed by atoms with Gasteiger partial charge in [0.05, 0.1) is 11.6 Å². The molecule has 90 valence electrons. The van der Waals surface area contributed by atoms with Crippen LogP contribution in [0.5, 0.6) is 0 Å². The zero-order chi connectivity index (χ0) is 12.8. The molecule has 0 atom stereocenters. The third-order valence-electron chi connectivity index (χ3n) is 2.65. The lowest BCUT2D eigenvalue weighted by atomic mass is 10.1. The van der Waals surface area contributed by atoms with E-state index in [1.54, 1.807) is 0 Å². The second-order valence-electron chi connectivity index (χ2n) is 4.29. The standard InChI is InChI=1S/C15H15N3/c1-12-5-15(10-17-8-12)11-18-9-14-4-2-3-13(6-14)7-16/h2-6,8,10,18H,9,11H2,1H3. The molecule has 0 spiro atoms. The first-order chi connectivity index (χ1) is 8.78. The van der Waals surface area contributed by atoms with E-state index in [-0.39, 0.29) is 0 Å². The summed E-state index contributed by atoms with van der Waals surface area (Å²) in [7, 11) is 0. The van der Waals surface area contributed by atoms with Crippen molar-refractivity contribution in [3.05, 3.63) is 65.0 Å². The third kappa shape index (κ3) is 3.41. The first-order valence-corrected chi connectivity index (χ1v) is 5.88. The van der Waals surface area contributed by atoms with Gasteiger partial charge in [0.2, 0.25) is 0 Å². The van der Waals surface area contributed by atoms with Crippen LogP contribution in [0.1, 0.15) is 22.3 Å². The number of hydrogen-bond acceptors (Lipinski definition) is 3. The molecule has 0 radical (unpaired) electrons. The van der Waals surface area contributed by atoms with E-state index in [0.717, 1.165) is 18.7 Å². The first-order valence-electron chi connectivity index (χ1n) is 5.88. The van der Waals surface area contributed by atoms with Crippen molar-refractivity contribution in [2.75, 3.05) is 0 Å². The van der Waals surface area contributed by atoms with Crippen molar-refractivity contribution in [2.45, 2.75) is 20.0 Å². The van der Waals surface area contributed by atoms with Crippen molar-refractivity contribution in [2.24, 2.45) is 0 Å². The molecule has 1 N–H and O–H groups in total. The van der Waals surface area contributed by atoms with Gasteiger partial charge in [0, 0.05) is 25.5 Å². The van der Waals surface area contributed by atoms with Gasteiger partial charge in [-0.2, -0.15) is 5.26 Å². The fraction of sp³-hybridized carbons (Fsp3) is 0.200. The van der Waals surface area contributed by atoms with E-state index in [4.69, 9.17) is 5.26 Å². The van der Waals surface area contributed by atoms with Gasteiger partial charge in [-0.25, -0.2) is 0 Å². The van der Waals surface area contributed by atoms with Crippen molar-refractivity contribution in [1.29, 1.82) is 5.26 Å². The van der Waals surface area contributed by atoms with Crippen LogP contribution in [0.15, 0.2) is 42.7 Å². The smallest absolute Gasteiger partial charge is 0.0991 e. The summed E-state index contributed by atoms with van der Waals surface area (Å²) in [5.41, 5.74) is 4.16. The van der Waals surface area contributed by atoms with Crippen molar-refractivity contribution in [3.63, 3.8) is 0 Å². The van der Waals surface area contributed by atoms with E-state index in [1.807, 2.05) is 43.6 Å². The second kappa shape index (κ2) is 5.95. The molecule has 0 aliphatic carbocycles. The molecular weight excluding hydrogens is 222 g/mol. The van der Waals surface area contributed by atoms with Gasteiger partial charge in [-0.05, 0) is 35.7 Å². The summed E-state index contributed by atoms with van der Waals surface area (Å²) in [6, 6.07) is 11.9. The SMILES string of the molecule is Cc1cncc(CNCc2cccc(C#N)c2)c1. The highest BCUT2D eigenvalue weighted by atomic mass is 14.8. The average Bonchev–Trinajstić information content (AvgIpc) is 2.39. The van der Waals surface area contributed by atoms with Gasteiger partial charge in [0.1, 0.15) is 0 Å². The molecule has 0 aliphatic heterocycles. The van der Waals surface area contributed by atoms with Crippen molar-refractivity contribution >= 4 is 0 Å². The Kier molecular flexibility index (Phi) is 4.06. The highest BCUT2D eigenvalue weighted by Gasteiger charge is 1.97. The van der Waals surface area contributed by atoms with E-state index in [9.17, 15) is 0 Å². The monoisotopic (exact) mass is 237 g/mol. The molecular formula is C15H15N3. The predicted molar refractivity (Wildman–Crippen MR) is 70.7 cm³/mol. The lowest BCUT2D eigenvalue weighted by Crippen LogP contribution is -2.13. The Hall–Kier alpha value is -2.18. The maximum Gasteiger partial charge on any atom is 0.0991 e. The van der Waals surface area contributed by atoms with Crippen LogP contribution in [-0.4, -0.2) is 4.98 Å². The number of hydrogen-bond donors (Lipinski definition) is 1. The second-order valence-corrected chi connectivity index (χ2v) is 4.29. The third-order valence-corrected chi connectivity index (χ3v) is 2.65. The highest BCUT2D eigenvalue weighted by molar-refractivity contribution is 5.32. The molecule has 1 aromatic heterocycles. The number of aryl methyl sites for hydroxylation is 1. The Bertz CT molecular complexity index is 570. The maximum atomic E-state index is 8.82. The molecule has 3 heteroatoms. The van der Waals surface area contributed by atoms with Crippen molar-refractivity contribution in [3.8, 4) is 6.07 Å². The summed E-state index contributed by atoms with van der Waals surface area (Å²) in [5.74, 6) is 0. The Balaban J connectivity index is 1.90. The van der Waals surface area contributed by atoms with Crippen LogP contribution in [0.3, 0.4) is 0 Å². The van der Waals surface area contributed by atoms with E-state index in [0.29, 0.717) is 5.56 Å². The van der Waals surface area contributed by atoms with Crippen LogP contribution < -0.4 is 5.32 Å². The number of nitrogens with zero attached hydrogens (tertiary/aromatic N) is 2. The molecule has 2 aromatic rings. The van der Waals surface area contributed by atoms with Crippen molar-refractivity contribution < 1.29 is 0 Å². The molecule has 1 heterocycles. The zero-order valence-corrected chi connectivity index (χ0v) is 10.4. The molecule has 0 aliphatic rings. The van der Waals surface area contributed by atoms with Gasteiger partial charge < -0.3 is 5.32 Å². The predicted octanol–water partition coefficient (Wildman–Crippen LogP) is 2.55. The van der Waals surface area contributed by atoms with Crippen LogP contribution in [0.2, 0.25) is 0 Å². The normalized spacial score (nSPS) is 10.0.